The van der Waals surface area contributed by atoms with E-state index in [9.17, 15) is 9.59 Å². The predicted octanol–water partition coefficient (Wildman–Crippen LogP) is 3.01. The highest BCUT2D eigenvalue weighted by Crippen LogP contribution is 2.23. The van der Waals surface area contributed by atoms with Crippen molar-refractivity contribution in [2.75, 3.05) is 6.54 Å². The molecule has 3 rings (SSSR count). The molecule has 118 valence electrons. The lowest BCUT2D eigenvalue weighted by Crippen LogP contribution is -2.30. The summed E-state index contributed by atoms with van der Waals surface area (Å²) in [5, 5.41) is 2.64. The minimum absolute atomic E-state index is 0.276. The number of para-hydroxylation sites is 1. The first-order valence-electron chi connectivity index (χ1n) is 7.62. The Balaban J connectivity index is 2.02. The van der Waals surface area contributed by atoms with Crippen LogP contribution in [0.25, 0.3) is 11.8 Å². The summed E-state index contributed by atoms with van der Waals surface area (Å²) in [4.78, 5) is 25.1. The van der Waals surface area contributed by atoms with Crippen molar-refractivity contribution < 1.29 is 9.59 Å². The molecule has 0 unspecified atom stereocenters. The van der Waals surface area contributed by atoms with Gasteiger partial charge < -0.3 is 9.88 Å². The lowest BCUT2D eigenvalue weighted by atomic mass is 10.2. The third-order valence-electron chi connectivity index (χ3n) is 4.06. The topological polar surface area (TPSA) is 54.3 Å². The summed E-state index contributed by atoms with van der Waals surface area (Å²) in [6.45, 7) is 6.17. The first-order valence-corrected chi connectivity index (χ1v) is 7.62. The van der Waals surface area contributed by atoms with Gasteiger partial charge in [-0.2, -0.15) is 0 Å². The Bertz CT molecular complexity index is 803. The number of benzene rings is 1. The zero-order valence-corrected chi connectivity index (χ0v) is 13.5. The highest BCUT2D eigenvalue weighted by atomic mass is 16.2. The van der Waals surface area contributed by atoms with Crippen molar-refractivity contribution in [3.63, 3.8) is 0 Å². The number of nitrogens with zero attached hydrogens (tertiary/aromatic N) is 2. The van der Waals surface area contributed by atoms with Crippen LogP contribution in [0.1, 0.15) is 23.9 Å². The third kappa shape index (κ3) is 2.54. The van der Waals surface area contributed by atoms with E-state index in [1.807, 2.05) is 50.2 Å². The Morgan fingerprint density at radius 2 is 1.83 bits per heavy atom. The Labute approximate surface area is 135 Å². The number of likely N-dealkylation sites (N-methyl/N-ethyl adjacent to an activating group) is 1. The number of urea groups is 1. The Kier molecular flexibility index (Phi) is 3.78. The highest BCUT2D eigenvalue weighted by molar-refractivity contribution is 6.14. The number of aryl methyl sites for hydroxylation is 1. The van der Waals surface area contributed by atoms with E-state index in [1.165, 1.54) is 4.90 Å². The SMILES string of the molecule is CCN1C(=O)N/C(=C/c2cc(C)n(-c3ccccc3)c2C)C1=O. The molecular formula is C18H19N3O2. The number of imide groups is 1. The minimum atomic E-state index is -0.361. The molecule has 5 heteroatoms. The van der Waals surface area contributed by atoms with Crippen LogP contribution >= 0.6 is 0 Å². The van der Waals surface area contributed by atoms with E-state index < -0.39 is 0 Å². The molecule has 0 radical (unpaired) electrons. The molecule has 23 heavy (non-hydrogen) atoms. The van der Waals surface area contributed by atoms with E-state index in [4.69, 9.17) is 0 Å². The molecule has 2 heterocycles. The van der Waals surface area contributed by atoms with Gasteiger partial charge in [-0.05, 0) is 50.6 Å². The fourth-order valence-electron chi connectivity index (χ4n) is 2.92. The van der Waals surface area contributed by atoms with Crippen molar-refractivity contribution in [1.82, 2.24) is 14.8 Å². The van der Waals surface area contributed by atoms with Crippen LogP contribution in [0.2, 0.25) is 0 Å². The molecule has 0 spiro atoms. The summed E-state index contributed by atoms with van der Waals surface area (Å²) in [7, 11) is 0. The van der Waals surface area contributed by atoms with Crippen LogP contribution in [0.5, 0.6) is 0 Å². The van der Waals surface area contributed by atoms with Crippen LogP contribution < -0.4 is 5.32 Å². The quantitative estimate of drug-likeness (QED) is 0.700. The Morgan fingerprint density at radius 3 is 2.43 bits per heavy atom. The lowest BCUT2D eigenvalue weighted by molar-refractivity contribution is -0.122. The number of hydrogen-bond donors (Lipinski definition) is 1. The molecule has 2 aromatic rings. The van der Waals surface area contributed by atoms with E-state index in [0.29, 0.717) is 12.2 Å². The number of amides is 3. The number of aromatic nitrogens is 1. The molecule has 1 saturated heterocycles. The Morgan fingerprint density at radius 1 is 1.13 bits per heavy atom. The van der Waals surface area contributed by atoms with Crippen molar-refractivity contribution in [1.29, 1.82) is 0 Å². The monoisotopic (exact) mass is 309 g/mol. The summed E-state index contributed by atoms with van der Waals surface area (Å²) in [6.07, 6.45) is 1.75. The van der Waals surface area contributed by atoms with Gasteiger partial charge in [-0.25, -0.2) is 4.79 Å². The highest BCUT2D eigenvalue weighted by Gasteiger charge is 2.32. The fraction of sp³-hybridized carbons (Fsp3) is 0.222. The summed E-state index contributed by atoms with van der Waals surface area (Å²) >= 11 is 0. The predicted molar refractivity (Wildman–Crippen MR) is 89.1 cm³/mol. The summed E-state index contributed by atoms with van der Waals surface area (Å²) < 4.78 is 2.13. The number of carbonyl (C=O) groups is 2. The van der Waals surface area contributed by atoms with Crippen LogP contribution in [0.3, 0.4) is 0 Å². The molecule has 5 nitrogen and oxygen atoms in total. The zero-order valence-electron chi connectivity index (χ0n) is 13.5. The largest absolute Gasteiger partial charge is 0.328 e. The second kappa shape index (κ2) is 5.76. The van der Waals surface area contributed by atoms with Gasteiger partial charge in [0.25, 0.3) is 5.91 Å². The second-order valence-electron chi connectivity index (χ2n) is 5.54. The maximum atomic E-state index is 12.2. The number of carbonyl (C=O) groups excluding carboxylic acids is 2. The van der Waals surface area contributed by atoms with Crippen molar-refractivity contribution in [3.05, 3.63) is 59.0 Å². The maximum Gasteiger partial charge on any atom is 0.328 e. The first kappa shape index (κ1) is 15.1. The molecule has 1 fully saturated rings. The smallest absolute Gasteiger partial charge is 0.318 e. The second-order valence-corrected chi connectivity index (χ2v) is 5.54. The van der Waals surface area contributed by atoms with E-state index >= 15 is 0 Å². The van der Waals surface area contributed by atoms with Gasteiger partial charge in [0.15, 0.2) is 0 Å². The van der Waals surface area contributed by atoms with Gasteiger partial charge in [-0.1, -0.05) is 18.2 Å². The fourth-order valence-corrected chi connectivity index (χ4v) is 2.92. The number of hydrogen-bond acceptors (Lipinski definition) is 2. The van der Waals surface area contributed by atoms with Gasteiger partial charge in [0.1, 0.15) is 5.70 Å². The third-order valence-corrected chi connectivity index (χ3v) is 4.06. The standard InChI is InChI=1S/C18H19N3O2/c1-4-20-17(22)16(19-18(20)23)11-14-10-12(2)21(13(14)3)15-8-6-5-7-9-15/h5-11H,4H2,1-3H3,(H,19,23)/b16-11+. The molecule has 0 bridgehead atoms. The Hall–Kier alpha value is -2.82. The molecule has 1 aliphatic rings. The van der Waals surface area contributed by atoms with Crippen molar-refractivity contribution in [3.8, 4) is 5.69 Å². The van der Waals surface area contributed by atoms with Gasteiger partial charge in [-0.15, -0.1) is 0 Å². The van der Waals surface area contributed by atoms with Crippen LogP contribution in [-0.2, 0) is 4.79 Å². The van der Waals surface area contributed by atoms with Gasteiger partial charge in [0.2, 0.25) is 0 Å². The van der Waals surface area contributed by atoms with Crippen molar-refractivity contribution >= 4 is 18.0 Å². The molecule has 1 aliphatic heterocycles. The van der Waals surface area contributed by atoms with E-state index in [-0.39, 0.29) is 11.9 Å². The van der Waals surface area contributed by atoms with Gasteiger partial charge in [0.05, 0.1) is 0 Å². The summed E-state index contributed by atoms with van der Waals surface area (Å²) in [5.74, 6) is -0.276. The van der Waals surface area contributed by atoms with Crippen LogP contribution in [-0.4, -0.2) is 28.0 Å². The van der Waals surface area contributed by atoms with Crippen molar-refractivity contribution in [2.24, 2.45) is 0 Å². The van der Waals surface area contributed by atoms with E-state index in [1.54, 1.807) is 13.0 Å². The summed E-state index contributed by atoms with van der Waals surface area (Å²) in [5.41, 5.74) is 4.42. The maximum absolute atomic E-state index is 12.2. The zero-order chi connectivity index (χ0) is 16.6. The first-order chi connectivity index (χ1) is 11.0. The molecule has 0 aliphatic carbocycles. The van der Waals surface area contributed by atoms with Crippen molar-refractivity contribution in [2.45, 2.75) is 20.8 Å². The molecule has 1 aromatic carbocycles. The molecule has 3 amide bonds. The molecule has 1 aromatic heterocycles. The number of rotatable bonds is 3. The van der Waals surface area contributed by atoms with E-state index in [2.05, 4.69) is 9.88 Å². The number of nitrogens with one attached hydrogen (secondary N) is 1. The normalized spacial score (nSPS) is 16.3. The minimum Gasteiger partial charge on any atom is -0.318 e. The molecule has 1 N–H and O–H groups in total. The van der Waals surface area contributed by atoms with Gasteiger partial charge in [0, 0.05) is 23.6 Å². The van der Waals surface area contributed by atoms with Crippen LogP contribution in [0.4, 0.5) is 4.79 Å². The van der Waals surface area contributed by atoms with Crippen LogP contribution in [0, 0.1) is 13.8 Å². The average Bonchev–Trinajstić information content (AvgIpc) is 2.96. The molecular weight excluding hydrogens is 290 g/mol. The van der Waals surface area contributed by atoms with Gasteiger partial charge in [-0.3, -0.25) is 9.69 Å². The van der Waals surface area contributed by atoms with E-state index in [0.717, 1.165) is 22.6 Å². The lowest BCUT2D eigenvalue weighted by Gasteiger charge is -2.09. The molecule has 0 saturated carbocycles. The van der Waals surface area contributed by atoms with Gasteiger partial charge >= 0.3 is 6.03 Å². The molecule has 0 atom stereocenters. The van der Waals surface area contributed by atoms with Crippen LogP contribution in [0.15, 0.2) is 42.1 Å². The summed E-state index contributed by atoms with van der Waals surface area (Å²) in [6, 6.07) is 11.7. The average molecular weight is 309 g/mol.